The normalized spacial score (nSPS) is 9.82. The van der Waals surface area contributed by atoms with Gasteiger partial charge in [-0.15, -0.1) is 0 Å². The molecule has 0 saturated carbocycles. The molecule has 17 heavy (non-hydrogen) atoms. The Kier molecular flexibility index (Phi) is 4.84. The lowest BCUT2D eigenvalue weighted by Gasteiger charge is -2.08. The van der Waals surface area contributed by atoms with Gasteiger partial charge in [0, 0.05) is 6.54 Å². The summed E-state index contributed by atoms with van der Waals surface area (Å²) >= 11 is 5.79. The van der Waals surface area contributed by atoms with E-state index in [1.165, 1.54) is 7.11 Å². The minimum absolute atomic E-state index is 0.0908. The van der Waals surface area contributed by atoms with Crippen molar-refractivity contribution in [3.63, 3.8) is 0 Å². The summed E-state index contributed by atoms with van der Waals surface area (Å²) in [5, 5.41) is 2.93. The van der Waals surface area contributed by atoms with Gasteiger partial charge in [0.05, 0.1) is 19.1 Å². The first-order valence-electron chi connectivity index (χ1n) is 4.88. The molecule has 92 valence electrons. The molecule has 0 amide bonds. The molecule has 1 rings (SSSR count). The van der Waals surface area contributed by atoms with Crippen molar-refractivity contribution in [3.8, 4) is 0 Å². The molecule has 0 unspecified atom stereocenters. The van der Waals surface area contributed by atoms with Gasteiger partial charge in [0.1, 0.15) is 16.8 Å². The molecule has 0 atom stereocenters. The molecule has 1 aromatic heterocycles. The smallest absolute Gasteiger partial charge is 0.307 e. The Hall–Kier alpha value is -1.69. The van der Waals surface area contributed by atoms with Gasteiger partial charge in [0.15, 0.2) is 6.29 Å². The predicted molar refractivity (Wildman–Crippen MR) is 62.3 cm³/mol. The molecular weight excluding hydrogens is 246 g/mol. The van der Waals surface area contributed by atoms with E-state index in [-0.39, 0.29) is 23.1 Å². The van der Waals surface area contributed by atoms with Gasteiger partial charge in [-0.1, -0.05) is 11.6 Å². The fraction of sp³-hybridized carbons (Fsp3) is 0.400. The summed E-state index contributed by atoms with van der Waals surface area (Å²) in [6.07, 6.45) is 0.748. The number of carbonyl (C=O) groups excluding carboxylic acids is 2. The van der Waals surface area contributed by atoms with E-state index in [1.54, 1.807) is 6.92 Å². The number of anilines is 1. The number of aromatic nitrogens is 2. The average molecular weight is 258 g/mol. The predicted octanol–water partition coefficient (Wildman–Crippen LogP) is 1.23. The molecule has 1 heterocycles. The number of methoxy groups -OCH3 is 1. The van der Waals surface area contributed by atoms with Gasteiger partial charge in [-0.25, -0.2) is 9.97 Å². The molecule has 1 aromatic rings. The molecule has 0 aliphatic carbocycles. The fourth-order valence-electron chi connectivity index (χ4n) is 1.17. The number of hydrogen-bond acceptors (Lipinski definition) is 6. The number of aldehydes is 1. The highest BCUT2D eigenvalue weighted by Gasteiger charge is 2.11. The van der Waals surface area contributed by atoms with Crippen LogP contribution in [0.3, 0.4) is 0 Å². The summed E-state index contributed by atoms with van der Waals surface area (Å²) in [5.74, 6) is 0.421. The zero-order chi connectivity index (χ0) is 12.8. The first-order valence-corrected chi connectivity index (χ1v) is 5.26. The second kappa shape index (κ2) is 6.15. The fourth-order valence-corrected chi connectivity index (χ4v) is 1.43. The van der Waals surface area contributed by atoms with Crippen molar-refractivity contribution in [2.75, 3.05) is 19.0 Å². The number of esters is 1. The third-order valence-electron chi connectivity index (χ3n) is 1.98. The van der Waals surface area contributed by atoms with Crippen molar-refractivity contribution >= 4 is 29.7 Å². The van der Waals surface area contributed by atoms with Crippen LogP contribution in [0.15, 0.2) is 0 Å². The summed E-state index contributed by atoms with van der Waals surface area (Å²) in [6, 6.07) is 0. The Morgan fingerprint density at radius 2 is 2.24 bits per heavy atom. The van der Waals surface area contributed by atoms with Gasteiger partial charge in [0.25, 0.3) is 0 Å². The molecule has 1 N–H and O–H groups in total. The molecule has 0 fully saturated rings. The molecule has 0 spiro atoms. The minimum atomic E-state index is -0.345. The highest BCUT2D eigenvalue weighted by atomic mass is 35.5. The second-order valence-electron chi connectivity index (χ2n) is 3.19. The Bertz CT molecular complexity index is 437. The lowest BCUT2D eigenvalue weighted by molar-refractivity contribution is -0.140. The van der Waals surface area contributed by atoms with Crippen LogP contribution in [0.4, 0.5) is 5.82 Å². The van der Waals surface area contributed by atoms with Gasteiger partial charge < -0.3 is 10.1 Å². The van der Waals surface area contributed by atoms with E-state index in [4.69, 9.17) is 11.6 Å². The molecular formula is C10H12ClN3O3. The van der Waals surface area contributed by atoms with Crippen molar-refractivity contribution in [1.82, 2.24) is 9.97 Å². The molecule has 0 aliphatic heterocycles. The lowest BCUT2D eigenvalue weighted by Crippen LogP contribution is -2.13. The number of ether oxygens (including phenoxy) is 1. The van der Waals surface area contributed by atoms with Gasteiger partial charge >= 0.3 is 5.97 Å². The zero-order valence-corrected chi connectivity index (χ0v) is 10.2. The first kappa shape index (κ1) is 13.4. The van der Waals surface area contributed by atoms with E-state index in [0.717, 1.165) is 0 Å². The summed E-state index contributed by atoms with van der Waals surface area (Å²) in [5.41, 5.74) is 0.183. The van der Waals surface area contributed by atoms with Crippen LogP contribution in [-0.4, -0.2) is 35.9 Å². The van der Waals surface area contributed by atoms with Crippen LogP contribution in [-0.2, 0) is 9.53 Å². The minimum Gasteiger partial charge on any atom is -0.469 e. The molecule has 0 aromatic carbocycles. The number of rotatable bonds is 5. The highest BCUT2D eigenvalue weighted by molar-refractivity contribution is 6.32. The Morgan fingerprint density at radius 1 is 1.53 bits per heavy atom. The van der Waals surface area contributed by atoms with Crippen LogP contribution >= 0.6 is 11.6 Å². The topological polar surface area (TPSA) is 81.2 Å². The highest BCUT2D eigenvalue weighted by Crippen LogP contribution is 2.18. The molecule has 6 nitrogen and oxygen atoms in total. The number of hydrogen-bond donors (Lipinski definition) is 1. The molecule has 0 bridgehead atoms. The maximum Gasteiger partial charge on any atom is 0.307 e. The Morgan fingerprint density at radius 3 is 2.82 bits per heavy atom. The van der Waals surface area contributed by atoms with Crippen molar-refractivity contribution < 1.29 is 14.3 Å². The third-order valence-corrected chi connectivity index (χ3v) is 2.27. The third kappa shape index (κ3) is 3.67. The number of carbonyl (C=O) groups is 2. The standard InChI is InChI=1S/C10H12ClN3O3/c1-6-13-9(11)7(5-15)10(14-6)12-4-3-8(16)17-2/h5H,3-4H2,1-2H3,(H,12,13,14). The number of aryl methyl sites for hydroxylation is 1. The molecule has 0 aliphatic rings. The SMILES string of the molecule is COC(=O)CCNc1nc(C)nc(Cl)c1C=O. The monoisotopic (exact) mass is 257 g/mol. The number of nitrogens with zero attached hydrogens (tertiary/aromatic N) is 2. The summed E-state index contributed by atoms with van der Waals surface area (Å²) < 4.78 is 4.48. The maximum absolute atomic E-state index is 10.9. The van der Waals surface area contributed by atoms with Crippen molar-refractivity contribution in [3.05, 3.63) is 16.5 Å². The average Bonchev–Trinajstić information content (AvgIpc) is 2.28. The summed E-state index contributed by atoms with van der Waals surface area (Å²) in [7, 11) is 1.31. The maximum atomic E-state index is 10.9. The van der Waals surface area contributed by atoms with Crippen LogP contribution in [0, 0.1) is 6.92 Å². The van der Waals surface area contributed by atoms with Gasteiger partial charge in [-0.3, -0.25) is 9.59 Å². The largest absolute Gasteiger partial charge is 0.469 e. The van der Waals surface area contributed by atoms with E-state index < -0.39 is 0 Å². The van der Waals surface area contributed by atoms with Gasteiger partial charge in [0.2, 0.25) is 0 Å². The number of halogens is 1. The van der Waals surface area contributed by atoms with E-state index in [9.17, 15) is 9.59 Å². The summed E-state index contributed by atoms with van der Waals surface area (Å²) in [6.45, 7) is 1.96. The molecule has 0 radical (unpaired) electrons. The van der Waals surface area contributed by atoms with Gasteiger partial charge in [-0.2, -0.15) is 0 Å². The molecule has 0 saturated heterocycles. The Balaban J connectivity index is 2.76. The van der Waals surface area contributed by atoms with E-state index in [1.807, 2.05) is 0 Å². The second-order valence-corrected chi connectivity index (χ2v) is 3.55. The van der Waals surface area contributed by atoms with Crippen LogP contribution < -0.4 is 5.32 Å². The molecule has 7 heteroatoms. The Labute approximate surface area is 103 Å². The van der Waals surface area contributed by atoms with Crippen molar-refractivity contribution in [1.29, 1.82) is 0 Å². The van der Waals surface area contributed by atoms with Crippen molar-refractivity contribution in [2.45, 2.75) is 13.3 Å². The van der Waals surface area contributed by atoms with E-state index >= 15 is 0 Å². The van der Waals surface area contributed by atoms with Crippen LogP contribution in [0.25, 0.3) is 0 Å². The number of nitrogens with one attached hydrogen (secondary N) is 1. The zero-order valence-electron chi connectivity index (χ0n) is 9.49. The summed E-state index contributed by atoms with van der Waals surface area (Å²) in [4.78, 5) is 29.6. The van der Waals surface area contributed by atoms with Crippen LogP contribution in [0.1, 0.15) is 22.6 Å². The van der Waals surface area contributed by atoms with Gasteiger partial charge in [-0.05, 0) is 6.92 Å². The van der Waals surface area contributed by atoms with Crippen LogP contribution in [0.5, 0.6) is 0 Å². The quantitative estimate of drug-likeness (QED) is 0.485. The van der Waals surface area contributed by atoms with E-state index in [0.29, 0.717) is 24.5 Å². The van der Waals surface area contributed by atoms with E-state index in [2.05, 4.69) is 20.0 Å². The van der Waals surface area contributed by atoms with Crippen LogP contribution in [0.2, 0.25) is 5.15 Å². The lowest BCUT2D eigenvalue weighted by atomic mass is 10.3. The first-order chi connectivity index (χ1) is 8.08. The van der Waals surface area contributed by atoms with Crippen molar-refractivity contribution in [2.24, 2.45) is 0 Å².